The summed E-state index contributed by atoms with van der Waals surface area (Å²) in [6.45, 7) is 4.04. The monoisotopic (exact) mass is 335 g/mol. The number of anilines is 1. The highest BCUT2D eigenvalue weighted by molar-refractivity contribution is 6.51. The summed E-state index contributed by atoms with van der Waals surface area (Å²) in [6, 6.07) is 15.4. The van der Waals surface area contributed by atoms with Crippen molar-refractivity contribution >= 4 is 23.1 Å². The van der Waals surface area contributed by atoms with E-state index in [1.165, 1.54) is 0 Å². The number of benzene rings is 2. The lowest BCUT2D eigenvalue weighted by Gasteiger charge is -2.08. The molecule has 0 saturated heterocycles. The van der Waals surface area contributed by atoms with Crippen LogP contribution in [0.4, 0.5) is 5.69 Å². The maximum Gasteiger partial charge on any atom is 0.259 e. The maximum atomic E-state index is 12.5. The summed E-state index contributed by atoms with van der Waals surface area (Å²) < 4.78 is 0. The van der Waals surface area contributed by atoms with Crippen molar-refractivity contribution in [1.82, 2.24) is 5.43 Å². The van der Waals surface area contributed by atoms with E-state index in [1.807, 2.05) is 62.4 Å². The van der Waals surface area contributed by atoms with Crippen LogP contribution in [0.5, 0.6) is 0 Å². The van der Waals surface area contributed by atoms with Gasteiger partial charge in [0.15, 0.2) is 5.78 Å². The van der Waals surface area contributed by atoms with E-state index in [9.17, 15) is 9.59 Å². The van der Waals surface area contributed by atoms with Crippen LogP contribution in [0.15, 0.2) is 53.6 Å². The Morgan fingerprint density at radius 2 is 1.84 bits per heavy atom. The molecule has 0 radical (unpaired) electrons. The van der Waals surface area contributed by atoms with Gasteiger partial charge in [0, 0.05) is 17.2 Å². The van der Waals surface area contributed by atoms with Crippen LogP contribution < -0.4 is 10.7 Å². The topological polar surface area (TPSA) is 70.6 Å². The largest absolute Gasteiger partial charge is 0.376 e. The van der Waals surface area contributed by atoms with Crippen LogP contribution in [0, 0.1) is 6.92 Å². The highest BCUT2D eigenvalue weighted by Crippen LogP contribution is 2.32. The average Bonchev–Trinajstić information content (AvgIpc) is 2.90. The number of rotatable bonds is 5. The zero-order valence-corrected chi connectivity index (χ0v) is 14.4. The molecule has 1 atom stereocenters. The smallest absolute Gasteiger partial charge is 0.259 e. The van der Waals surface area contributed by atoms with Crippen LogP contribution >= 0.6 is 0 Å². The predicted octanol–water partition coefficient (Wildman–Crippen LogP) is 3.00. The van der Waals surface area contributed by atoms with E-state index in [-0.39, 0.29) is 24.2 Å². The van der Waals surface area contributed by atoms with Gasteiger partial charge in [-0.25, -0.2) is 5.43 Å². The fourth-order valence-electron chi connectivity index (χ4n) is 3.08. The number of hydrogen-bond donors (Lipinski definition) is 2. The molecule has 5 nitrogen and oxygen atoms in total. The molecule has 0 saturated carbocycles. The highest BCUT2D eigenvalue weighted by atomic mass is 16.2. The van der Waals surface area contributed by atoms with E-state index in [4.69, 9.17) is 0 Å². The number of carbonyl (C=O) groups excluding carboxylic acids is 2. The Morgan fingerprint density at radius 3 is 2.60 bits per heavy atom. The van der Waals surface area contributed by atoms with Crippen LogP contribution in [0.3, 0.4) is 0 Å². The van der Waals surface area contributed by atoms with Crippen molar-refractivity contribution in [3.8, 4) is 0 Å². The molecular weight excluding hydrogens is 314 g/mol. The summed E-state index contributed by atoms with van der Waals surface area (Å²) >= 11 is 0. The molecule has 0 bridgehead atoms. The Hall–Kier alpha value is -2.95. The van der Waals surface area contributed by atoms with Gasteiger partial charge in [-0.2, -0.15) is 5.10 Å². The molecule has 1 unspecified atom stereocenters. The second kappa shape index (κ2) is 7.30. The molecule has 1 aliphatic rings. The maximum absolute atomic E-state index is 12.5. The summed E-state index contributed by atoms with van der Waals surface area (Å²) in [5, 5.41) is 7.18. The van der Waals surface area contributed by atoms with Gasteiger partial charge in [0.2, 0.25) is 0 Å². The molecule has 2 aromatic carbocycles. The molecule has 0 spiro atoms. The second-order valence-electron chi connectivity index (χ2n) is 6.08. The lowest BCUT2D eigenvalue weighted by atomic mass is 9.98. The fraction of sp³-hybridized carbons (Fsp3) is 0.250. The quantitative estimate of drug-likeness (QED) is 0.825. The van der Waals surface area contributed by atoms with Gasteiger partial charge >= 0.3 is 0 Å². The Kier molecular flexibility index (Phi) is 4.93. The first-order chi connectivity index (χ1) is 12.1. The van der Waals surface area contributed by atoms with Crippen molar-refractivity contribution in [1.29, 1.82) is 0 Å². The molecular formula is C20H21N3O2. The third-order valence-electron chi connectivity index (χ3n) is 4.43. The van der Waals surface area contributed by atoms with E-state index in [2.05, 4.69) is 15.8 Å². The van der Waals surface area contributed by atoms with Crippen molar-refractivity contribution in [2.45, 2.75) is 26.2 Å². The number of ketones is 1. The Balaban J connectivity index is 1.68. The fourth-order valence-corrected chi connectivity index (χ4v) is 3.08. The average molecular weight is 335 g/mol. The number of nitrogens with one attached hydrogen (secondary N) is 2. The van der Waals surface area contributed by atoms with Gasteiger partial charge in [0.1, 0.15) is 5.71 Å². The molecule has 0 fully saturated rings. The molecule has 3 rings (SSSR count). The summed E-state index contributed by atoms with van der Waals surface area (Å²) in [7, 11) is 0. The minimum atomic E-state index is -0.291. The van der Waals surface area contributed by atoms with Gasteiger partial charge in [0.05, 0.1) is 6.54 Å². The summed E-state index contributed by atoms with van der Waals surface area (Å²) in [5.41, 5.74) is 6.60. The summed E-state index contributed by atoms with van der Waals surface area (Å²) in [4.78, 5) is 24.6. The Bertz CT molecular complexity index is 842. The number of amides is 1. The van der Waals surface area contributed by atoms with Crippen LogP contribution in [0.2, 0.25) is 0 Å². The first kappa shape index (κ1) is 16.9. The molecule has 1 amide bonds. The molecule has 1 aliphatic carbocycles. The van der Waals surface area contributed by atoms with Crippen molar-refractivity contribution in [3.63, 3.8) is 0 Å². The SMILES string of the molecule is CCC1C(=O)/C(=N\NC(=O)CNc2ccccc2C)c2ccccc21. The normalized spacial score (nSPS) is 17.4. The molecule has 25 heavy (non-hydrogen) atoms. The number of carbonyl (C=O) groups is 2. The molecule has 128 valence electrons. The third-order valence-corrected chi connectivity index (χ3v) is 4.43. The standard InChI is InChI=1S/C20H21N3O2/c1-3-14-15-9-5-6-10-16(15)19(20(14)25)23-22-18(24)12-21-17-11-7-4-8-13(17)2/h4-11,14,21H,3,12H2,1-2H3,(H,22,24)/b23-19-. The van der Waals surface area contributed by atoms with Crippen LogP contribution in [-0.2, 0) is 9.59 Å². The van der Waals surface area contributed by atoms with Crippen LogP contribution in [0.25, 0.3) is 0 Å². The van der Waals surface area contributed by atoms with Gasteiger partial charge in [-0.3, -0.25) is 9.59 Å². The predicted molar refractivity (Wildman–Crippen MR) is 98.8 cm³/mol. The summed E-state index contributed by atoms with van der Waals surface area (Å²) in [5.74, 6) is -0.492. The van der Waals surface area contributed by atoms with Gasteiger partial charge in [0.25, 0.3) is 5.91 Å². The van der Waals surface area contributed by atoms with Gasteiger partial charge in [-0.05, 0) is 30.5 Å². The second-order valence-corrected chi connectivity index (χ2v) is 6.08. The molecule has 5 heteroatoms. The minimum absolute atomic E-state index is 0.0316. The number of Topliss-reactive ketones (excluding diaryl/α,β-unsaturated/α-hetero) is 1. The number of fused-ring (bicyclic) bond motifs is 1. The minimum Gasteiger partial charge on any atom is -0.376 e. The Morgan fingerprint density at radius 1 is 1.12 bits per heavy atom. The highest BCUT2D eigenvalue weighted by Gasteiger charge is 2.35. The number of para-hydroxylation sites is 1. The van der Waals surface area contributed by atoms with Crippen molar-refractivity contribution in [2.75, 3.05) is 11.9 Å². The third kappa shape index (κ3) is 3.45. The van der Waals surface area contributed by atoms with Gasteiger partial charge < -0.3 is 5.32 Å². The number of hydrogen-bond acceptors (Lipinski definition) is 4. The molecule has 2 N–H and O–H groups in total. The van der Waals surface area contributed by atoms with E-state index < -0.39 is 0 Å². The lowest BCUT2D eigenvalue weighted by Crippen LogP contribution is -2.28. The van der Waals surface area contributed by atoms with E-state index in [0.717, 1.165) is 28.8 Å². The van der Waals surface area contributed by atoms with Crippen molar-refractivity contribution in [3.05, 3.63) is 65.2 Å². The number of nitrogens with zero attached hydrogens (tertiary/aromatic N) is 1. The molecule has 0 heterocycles. The van der Waals surface area contributed by atoms with Gasteiger partial charge in [-0.15, -0.1) is 0 Å². The number of aryl methyl sites for hydroxylation is 1. The Labute approximate surface area is 147 Å². The van der Waals surface area contributed by atoms with E-state index >= 15 is 0 Å². The number of hydrazone groups is 1. The first-order valence-corrected chi connectivity index (χ1v) is 8.41. The van der Waals surface area contributed by atoms with Crippen molar-refractivity contribution in [2.24, 2.45) is 5.10 Å². The molecule has 2 aromatic rings. The van der Waals surface area contributed by atoms with Crippen LogP contribution in [0.1, 0.15) is 36.0 Å². The lowest BCUT2D eigenvalue weighted by molar-refractivity contribution is -0.119. The molecule has 0 aliphatic heterocycles. The first-order valence-electron chi connectivity index (χ1n) is 8.41. The zero-order valence-electron chi connectivity index (χ0n) is 14.4. The van der Waals surface area contributed by atoms with Crippen molar-refractivity contribution < 1.29 is 9.59 Å². The molecule has 0 aromatic heterocycles. The summed E-state index contributed by atoms with van der Waals surface area (Å²) in [6.07, 6.45) is 0.720. The zero-order chi connectivity index (χ0) is 17.8. The van der Waals surface area contributed by atoms with E-state index in [0.29, 0.717) is 5.71 Å². The van der Waals surface area contributed by atoms with E-state index in [1.54, 1.807) is 0 Å². The van der Waals surface area contributed by atoms with Gasteiger partial charge in [-0.1, -0.05) is 49.4 Å². The van der Waals surface area contributed by atoms with Crippen LogP contribution in [-0.4, -0.2) is 23.9 Å².